The van der Waals surface area contributed by atoms with E-state index in [2.05, 4.69) is 0 Å². The summed E-state index contributed by atoms with van der Waals surface area (Å²) in [5, 5.41) is 0. The van der Waals surface area contributed by atoms with Crippen molar-refractivity contribution in [1.82, 2.24) is 0 Å². The molecule has 0 aliphatic heterocycles. The van der Waals surface area contributed by atoms with Crippen LogP contribution in [0.3, 0.4) is 0 Å². The fourth-order valence-corrected chi connectivity index (χ4v) is 3.39. The Morgan fingerprint density at radius 2 is 1.67 bits per heavy atom. The molecule has 1 aromatic carbocycles. The van der Waals surface area contributed by atoms with Crippen LogP contribution in [0.4, 0.5) is 5.69 Å². The minimum atomic E-state index is -2.89. The molecule has 102 valence electrons. The van der Waals surface area contributed by atoms with Gasteiger partial charge in [-0.3, -0.25) is 4.57 Å². The number of nitrogens with two attached hydrogens (primary N) is 1. The van der Waals surface area contributed by atoms with Crippen LogP contribution >= 0.6 is 7.60 Å². The second kappa shape index (κ2) is 7.57. The van der Waals surface area contributed by atoms with Crippen LogP contribution in [0.15, 0.2) is 24.3 Å². The standard InChI is InChI=1S/C13H22NO3P/c1-3-16-18(15,17-4-2)11-5-6-12-7-9-13(14)10-8-12/h7-10H,3-6,11,14H2,1-2H3. The highest BCUT2D eigenvalue weighted by molar-refractivity contribution is 7.53. The lowest BCUT2D eigenvalue weighted by Crippen LogP contribution is -2.01. The van der Waals surface area contributed by atoms with E-state index in [0.29, 0.717) is 19.4 Å². The summed E-state index contributed by atoms with van der Waals surface area (Å²) in [5.41, 5.74) is 7.56. The van der Waals surface area contributed by atoms with E-state index < -0.39 is 7.60 Å². The van der Waals surface area contributed by atoms with Gasteiger partial charge in [0.15, 0.2) is 0 Å². The summed E-state index contributed by atoms with van der Waals surface area (Å²) in [6, 6.07) is 7.73. The number of nitrogen functional groups attached to an aromatic ring is 1. The number of benzene rings is 1. The van der Waals surface area contributed by atoms with Crippen LogP contribution in [-0.4, -0.2) is 19.4 Å². The molecule has 0 aliphatic rings. The van der Waals surface area contributed by atoms with E-state index >= 15 is 0 Å². The first kappa shape index (κ1) is 15.2. The molecule has 0 aliphatic carbocycles. The number of aryl methyl sites for hydroxylation is 1. The largest absolute Gasteiger partial charge is 0.399 e. The Morgan fingerprint density at radius 1 is 1.11 bits per heavy atom. The first-order valence-electron chi connectivity index (χ1n) is 6.32. The van der Waals surface area contributed by atoms with Gasteiger partial charge in [-0.1, -0.05) is 12.1 Å². The first-order chi connectivity index (χ1) is 8.59. The van der Waals surface area contributed by atoms with Gasteiger partial charge in [0.05, 0.1) is 19.4 Å². The molecule has 0 bridgehead atoms. The van der Waals surface area contributed by atoms with E-state index in [9.17, 15) is 4.57 Å². The van der Waals surface area contributed by atoms with Gasteiger partial charge in [0.25, 0.3) is 0 Å². The minimum absolute atomic E-state index is 0.416. The number of rotatable bonds is 8. The Bertz CT molecular complexity index is 382. The van der Waals surface area contributed by atoms with Gasteiger partial charge in [-0.05, 0) is 44.4 Å². The van der Waals surface area contributed by atoms with Gasteiger partial charge in [0.1, 0.15) is 0 Å². The lowest BCUT2D eigenvalue weighted by Gasteiger charge is -2.16. The molecule has 0 aromatic heterocycles. The van der Waals surface area contributed by atoms with Gasteiger partial charge in [0, 0.05) is 5.69 Å². The van der Waals surface area contributed by atoms with Crippen LogP contribution in [0.25, 0.3) is 0 Å². The summed E-state index contributed by atoms with van der Waals surface area (Å²) in [6.07, 6.45) is 2.09. The van der Waals surface area contributed by atoms with Crippen molar-refractivity contribution in [2.45, 2.75) is 26.7 Å². The Kier molecular flexibility index (Phi) is 6.41. The summed E-state index contributed by atoms with van der Waals surface area (Å²) in [5.74, 6) is 0. The van der Waals surface area contributed by atoms with Crippen molar-refractivity contribution in [3.63, 3.8) is 0 Å². The van der Waals surface area contributed by atoms with Crippen LogP contribution in [0.2, 0.25) is 0 Å². The highest BCUT2D eigenvalue weighted by atomic mass is 31.2. The van der Waals surface area contributed by atoms with Crippen molar-refractivity contribution >= 4 is 13.3 Å². The number of anilines is 1. The van der Waals surface area contributed by atoms with Crippen molar-refractivity contribution < 1.29 is 13.6 Å². The highest BCUT2D eigenvalue weighted by Crippen LogP contribution is 2.48. The van der Waals surface area contributed by atoms with Crippen molar-refractivity contribution in [1.29, 1.82) is 0 Å². The summed E-state index contributed by atoms with van der Waals surface area (Å²) >= 11 is 0. The molecule has 0 amide bonds. The van der Waals surface area contributed by atoms with Crippen molar-refractivity contribution in [2.75, 3.05) is 25.1 Å². The molecule has 4 nitrogen and oxygen atoms in total. The SMILES string of the molecule is CCOP(=O)(CCCc1ccc(N)cc1)OCC. The first-order valence-corrected chi connectivity index (χ1v) is 8.05. The van der Waals surface area contributed by atoms with E-state index in [0.717, 1.165) is 18.5 Å². The molecular formula is C13H22NO3P. The third-order valence-corrected chi connectivity index (χ3v) is 4.70. The topological polar surface area (TPSA) is 61.5 Å². The van der Waals surface area contributed by atoms with Crippen LogP contribution < -0.4 is 5.73 Å². The lowest BCUT2D eigenvalue weighted by atomic mass is 10.1. The monoisotopic (exact) mass is 271 g/mol. The molecule has 0 fully saturated rings. The van der Waals surface area contributed by atoms with Crippen LogP contribution in [0, 0.1) is 0 Å². The fraction of sp³-hybridized carbons (Fsp3) is 0.538. The van der Waals surface area contributed by atoms with Gasteiger partial charge in [-0.25, -0.2) is 0 Å². The third kappa shape index (κ3) is 5.21. The van der Waals surface area contributed by atoms with E-state index in [1.807, 2.05) is 38.1 Å². The predicted molar refractivity (Wildman–Crippen MR) is 74.9 cm³/mol. The lowest BCUT2D eigenvalue weighted by molar-refractivity contribution is 0.220. The van der Waals surface area contributed by atoms with E-state index in [1.54, 1.807) is 0 Å². The molecule has 0 spiro atoms. The van der Waals surface area contributed by atoms with Gasteiger partial charge in [0.2, 0.25) is 0 Å². The fourth-order valence-electron chi connectivity index (χ4n) is 1.72. The van der Waals surface area contributed by atoms with Gasteiger partial charge >= 0.3 is 7.60 Å². The third-order valence-electron chi connectivity index (χ3n) is 2.53. The summed E-state index contributed by atoms with van der Waals surface area (Å²) in [6.45, 7) is 4.48. The zero-order valence-electron chi connectivity index (χ0n) is 11.1. The second-order valence-corrected chi connectivity index (χ2v) is 6.20. The molecule has 1 aromatic rings. The molecule has 0 unspecified atom stereocenters. The molecule has 0 heterocycles. The maximum absolute atomic E-state index is 12.2. The molecular weight excluding hydrogens is 249 g/mol. The van der Waals surface area contributed by atoms with Crippen LogP contribution in [-0.2, 0) is 20.0 Å². The van der Waals surface area contributed by atoms with Crippen molar-refractivity contribution in [3.8, 4) is 0 Å². The maximum Gasteiger partial charge on any atom is 0.330 e. The number of hydrogen-bond donors (Lipinski definition) is 1. The summed E-state index contributed by atoms with van der Waals surface area (Å²) in [4.78, 5) is 0. The molecule has 1 rings (SSSR count). The Balaban J connectivity index is 2.43. The van der Waals surface area contributed by atoms with E-state index in [4.69, 9.17) is 14.8 Å². The Hall–Kier alpha value is -0.830. The highest BCUT2D eigenvalue weighted by Gasteiger charge is 2.22. The smallest absolute Gasteiger partial charge is 0.330 e. The molecule has 0 saturated heterocycles. The average molecular weight is 271 g/mol. The molecule has 0 atom stereocenters. The van der Waals surface area contributed by atoms with Gasteiger partial charge < -0.3 is 14.8 Å². The normalized spacial score (nSPS) is 11.7. The van der Waals surface area contributed by atoms with Crippen LogP contribution in [0.1, 0.15) is 25.8 Å². The predicted octanol–water partition coefficient (Wildman–Crippen LogP) is 3.47. The molecule has 2 N–H and O–H groups in total. The second-order valence-electron chi connectivity index (χ2n) is 4.02. The summed E-state index contributed by atoms with van der Waals surface area (Å²) < 4.78 is 22.7. The molecule has 0 radical (unpaired) electrons. The van der Waals surface area contributed by atoms with Gasteiger partial charge in [-0.15, -0.1) is 0 Å². The average Bonchev–Trinajstić information content (AvgIpc) is 2.32. The van der Waals surface area contributed by atoms with Crippen molar-refractivity contribution in [3.05, 3.63) is 29.8 Å². The van der Waals surface area contributed by atoms with Gasteiger partial charge in [-0.2, -0.15) is 0 Å². The molecule has 18 heavy (non-hydrogen) atoms. The maximum atomic E-state index is 12.2. The zero-order valence-corrected chi connectivity index (χ0v) is 12.0. The Morgan fingerprint density at radius 3 is 2.17 bits per heavy atom. The molecule has 0 saturated carbocycles. The number of hydrogen-bond acceptors (Lipinski definition) is 4. The van der Waals surface area contributed by atoms with Crippen LogP contribution in [0.5, 0.6) is 0 Å². The van der Waals surface area contributed by atoms with Crippen molar-refractivity contribution in [2.24, 2.45) is 0 Å². The van der Waals surface area contributed by atoms with E-state index in [1.165, 1.54) is 5.56 Å². The minimum Gasteiger partial charge on any atom is -0.399 e. The summed E-state index contributed by atoms with van der Waals surface area (Å²) in [7, 11) is -2.89. The molecule has 5 heteroatoms. The Labute approximate surface area is 109 Å². The quantitative estimate of drug-likeness (QED) is 0.581. The van der Waals surface area contributed by atoms with E-state index in [-0.39, 0.29) is 0 Å². The zero-order chi connectivity index (χ0) is 13.4.